The lowest BCUT2D eigenvalue weighted by Crippen LogP contribution is -2.42. The van der Waals surface area contributed by atoms with Crippen molar-refractivity contribution >= 4 is 17.0 Å². The average Bonchev–Trinajstić information content (AvgIpc) is 3.24. The number of aryl methyl sites for hydroxylation is 2. The first-order valence-electron chi connectivity index (χ1n) is 12.3. The minimum absolute atomic E-state index is 0.0486. The summed E-state index contributed by atoms with van der Waals surface area (Å²) < 4.78 is 7.08. The van der Waals surface area contributed by atoms with Gasteiger partial charge in [0, 0.05) is 12.1 Å². The van der Waals surface area contributed by atoms with Crippen molar-refractivity contribution in [3.05, 3.63) is 93.2 Å². The topological polar surface area (TPSA) is 107 Å². The summed E-state index contributed by atoms with van der Waals surface area (Å²) >= 11 is 0. The zero-order valence-corrected chi connectivity index (χ0v) is 21.3. The molecule has 0 fully saturated rings. The van der Waals surface area contributed by atoms with Crippen LogP contribution in [0.3, 0.4) is 0 Å². The van der Waals surface area contributed by atoms with Crippen molar-refractivity contribution in [1.82, 2.24) is 19.6 Å². The van der Waals surface area contributed by atoms with Crippen LogP contribution in [-0.2, 0) is 6.54 Å². The van der Waals surface area contributed by atoms with Crippen molar-refractivity contribution in [3.8, 4) is 0 Å². The summed E-state index contributed by atoms with van der Waals surface area (Å²) in [5.41, 5.74) is 8.91. The molecule has 8 nitrogen and oxygen atoms in total. The summed E-state index contributed by atoms with van der Waals surface area (Å²) in [5, 5.41) is 4.34. The van der Waals surface area contributed by atoms with Crippen molar-refractivity contribution < 1.29 is 9.32 Å². The molecule has 36 heavy (non-hydrogen) atoms. The minimum atomic E-state index is -0.489. The van der Waals surface area contributed by atoms with Gasteiger partial charge in [-0.2, -0.15) is 4.98 Å². The summed E-state index contributed by atoms with van der Waals surface area (Å²) in [6.07, 6.45) is 0.618. The number of carbonyl (C=O) groups excluding carboxylic acids is 1. The number of amides is 1. The molecule has 4 aromatic rings. The molecule has 0 aliphatic heterocycles. The maximum absolute atomic E-state index is 13.8. The van der Waals surface area contributed by atoms with Gasteiger partial charge in [-0.05, 0) is 50.4 Å². The Kier molecular flexibility index (Phi) is 7.64. The maximum atomic E-state index is 13.8. The van der Waals surface area contributed by atoms with Crippen molar-refractivity contribution in [2.75, 3.05) is 13.1 Å². The number of hydrogen-bond acceptors (Lipinski definition) is 6. The van der Waals surface area contributed by atoms with Gasteiger partial charge >= 0.3 is 0 Å². The Labute approximate surface area is 210 Å². The average molecular weight is 488 g/mol. The SMILES string of the molecule is Cc1ccc(C(=O)N(CCCN)C(c2nc3onc(C)c3c(=O)n2Cc2ccccc2)C(C)C)cc1. The van der Waals surface area contributed by atoms with E-state index in [1.807, 2.05) is 75.4 Å². The Hall–Kier alpha value is -3.78. The van der Waals surface area contributed by atoms with Crippen LogP contribution in [0.5, 0.6) is 0 Å². The molecular weight excluding hydrogens is 454 g/mol. The third kappa shape index (κ3) is 5.09. The van der Waals surface area contributed by atoms with Crippen LogP contribution in [-0.4, -0.2) is 38.6 Å². The highest BCUT2D eigenvalue weighted by Crippen LogP contribution is 2.30. The summed E-state index contributed by atoms with van der Waals surface area (Å²) in [6, 6.07) is 16.8. The lowest BCUT2D eigenvalue weighted by molar-refractivity contribution is 0.0602. The Morgan fingerprint density at radius 1 is 1.08 bits per heavy atom. The fraction of sp³-hybridized carbons (Fsp3) is 0.357. The molecule has 1 amide bonds. The monoisotopic (exact) mass is 487 g/mol. The molecule has 2 N–H and O–H groups in total. The summed E-state index contributed by atoms with van der Waals surface area (Å²) in [7, 11) is 0. The third-order valence-corrected chi connectivity index (χ3v) is 6.37. The number of aromatic nitrogens is 3. The molecule has 0 saturated heterocycles. The quantitative estimate of drug-likeness (QED) is 0.378. The van der Waals surface area contributed by atoms with E-state index in [0.29, 0.717) is 48.5 Å². The van der Waals surface area contributed by atoms with Gasteiger partial charge in [0.25, 0.3) is 17.2 Å². The van der Waals surface area contributed by atoms with E-state index in [0.717, 1.165) is 11.1 Å². The summed E-state index contributed by atoms with van der Waals surface area (Å²) in [4.78, 5) is 34.2. The van der Waals surface area contributed by atoms with Crippen LogP contribution in [0.1, 0.15) is 59.3 Å². The van der Waals surface area contributed by atoms with Crippen LogP contribution in [0.2, 0.25) is 0 Å². The van der Waals surface area contributed by atoms with Gasteiger partial charge in [-0.15, -0.1) is 0 Å². The number of hydrogen-bond donors (Lipinski definition) is 1. The number of benzene rings is 2. The van der Waals surface area contributed by atoms with Crippen LogP contribution in [0.15, 0.2) is 63.9 Å². The van der Waals surface area contributed by atoms with E-state index < -0.39 is 6.04 Å². The molecule has 188 valence electrons. The van der Waals surface area contributed by atoms with E-state index in [1.165, 1.54) is 0 Å². The molecule has 1 atom stereocenters. The molecule has 0 spiro atoms. The normalized spacial score (nSPS) is 12.3. The van der Waals surface area contributed by atoms with E-state index in [4.69, 9.17) is 15.2 Å². The lowest BCUT2D eigenvalue weighted by Gasteiger charge is -2.35. The fourth-order valence-electron chi connectivity index (χ4n) is 4.52. The van der Waals surface area contributed by atoms with E-state index >= 15 is 0 Å². The van der Waals surface area contributed by atoms with Crippen molar-refractivity contribution in [3.63, 3.8) is 0 Å². The second-order valence-corrected chi connectivity index (χ2v) is 9.49. The van der Waals surface area contributed by atoms with Crippen LogP contribution in [0.25, 0.3) is 11.1 Å². The Morgan fingerprint density at radius 3 is 2.42 bits per heavy atom. The van der Waals surface area contributed by atoms with Gasteiger partial charge in [-0.1, -0.05) is 67.0 Å². The predicted molar refractivity (Wildman–Crippen MR) is 140 cm³/mol. The van der Waals surface area contributed by atoms with Crippen LogP contribution in [0, 0.1) is 19.8 Å². The molecule has 2 heterocycles. The van der Waals surface area contributed by atoms with E-state index in [2.05, 4.69) is 5.16 Å². The Bertz CT molecular complexity index is 1390. The first-order chi connectivity index (χ1) is 17.3. The van der Waals surface area contributed by atoms with E-state index in [1.54, 1.807) is 16.4 Å². The van der Waals surface area contributed by atoms with Gasteiger partial charge < -0.3 is 15.2 Å². The van der Waals surface area contributed by atoms with Gasteiger partial charge in [0.2, 0.25) is 0 Å². The highest BCUT2D eigenvalue weighted by atomic mass is 16.5. The zero-order chi connectivity index (χ0) is 25.8. The number of fused-ring (bicyclic) bond motifs is 1. The molecule has 1 unspecified atom stereocenters. The molecule has 0 saturated carbocycles. The minimum Gasteiger partial charge on any atom is -0.335 e. The second-order valence-electron chi connectivity index (χ2n) is 9.49. The summed E-state index contributed by atoms with van der Waals surface area (Å²) in [6.45, 7) is 8.95. The number of nitrogens with two attached hydrogens (primary N) is 1. The Morgan fingerprint density at radius 2 is 1.78 bits per heavy atom. The zero-order valence-electron chi connectivity index (χ0n) is 21.3. The molecule has 0 aliphatic carbocycles. The highest BCUT2D eigenvalue weighted by molar-refractivity contribution is 5.94. The molecule has 0 aliphatic rings. The van der Waals surface area contributed by atoms with Gasteiger partial charge in [0.1, 0.15) is 11.2 Å². The van der Waals surface area contributed by atoms with Crippen molar-refractivity contribution in [1.29, 1.82) is 0 Å². The molecule has 2 aromatic carbocycles. The number of rotatable bonds is 9. The first kappa shape index (κ1) is 25.3. The largest absolute Gasteiger partial charge is 0.335 e. The van der Waals surface area contributed by atoms with E-state index in [-0.39, 0.29) is 23.1 Å². The maximum Gasteiger partial charge on any atom is 0.267 e. The molecular formula is C28H33N5O3. The van der Waals surface area contributed by atoms with Gasteiger partial charge in [0.15, 0.2) is 0 Å². The highest BCUT2D eigenvalue weighted by Gasteiger charge is 2.33. The molecule has 0 radical (unpaired) electrons. The molecule has 4 rings (SSSR count). The van der Waals surface area contributed by atoms with Crippen molar-refractivity contribution in [2.45, 2.75) is 46.7 Å². The van der Waals surface area contributed by atoms with Gasteiger partial charge in [-0.3, -0.25) is 14.2 Å². The van der Waals surface area contributed by atoms with Crippen LogP contribution >= 0.6 is 0 Å². The second kappa shape index (κ2) is 10.9. The first-order valence-corrected chi connectivity index (χ1v) is 12.3. The van der Waals surface area contributed by atoms with Crippen LogP contribution in [0.4, 0.5) is 0 Å². The standard InChI is InChI=1S/C28H33N5O3/c1-18(2)24(32(16-8-15-29)27(34)22-13-11-19(3)12-14-22)25-30-26-23(20(4)31-36-26)28(35)33(25)17-21-9-6-5-7-10-21/h5-7,9-14,18,24H,8,15-17,29H2,1-4H3. The Balaban J connectivity index is 1.91. The lowest BCUT2D eigenvalue weighted by atomic mass is 9.98. The van der Waals surface area contributed by atoms with E-state index in [9.17, 15) is 9.59 Å². The van der Waals surface area contributed by atoms with Crippen molar-refractivity contribution in [2.24, 2.45) is 11.7 Å². The van der Waals surface area contributed by atoms with Gasteiger partial charge in [-0.25, -0.2) is 0 Å². The molecule has 0 bridgehead atoms. The van der Waals surface area contributed by atoms with Crippen LogP contribution < -0.4 is 11.3 Å². The molecule has 8 heteroatoms. The number of carbonyl (C=O) groups is 1. The number of nitrogens with zero attached hydrogens (tertiary/aromatic N) is 4. The summed E-state index contributed by atoms with van der Waals surface area (Å²) in [5.74, 6) is 0.295. The smallest absolute Gasteiger partial charge is 0.267 e. The third-order valence-electron chi connectivity index (χ3n) is 6.37. The molecule has 2 aromatic heterocycles. The predicted octanol–water partition coefficient (Wildman–Crippen LogP) is 4.24. The fourth-order valence-corrected chi connectivity index (χ4v) is 4.52. The van der Waals surface area contributed by atoms with Gasteiger partial charge in [0.05, 0.1) is 18.3 Å².